The minimum absolute atomic E-state index is 0.00421. The Bertz CT molecular complexity index is 361. The molecule has 1 heterocycles. The Morgan fingerprint density at radius 3 is 2.16 bits per heavy atom. The molecule has 0 aliphatic carbocycles. The Hall–Kier alpha value is -1.26. The lowest BCUT2D eigenvalue weighted by Gasteiger charge is -2.45. The summed E-state index contributed by atoms with van der Waals surface area (Å²) in [6.07, 6.45) is 0.256. The second kappa shape index (κ2) is 5.39. The number of carbonyl (C=O) groups excluding carboxylic acids is 1. The zero-order valence-electron chi connectivity index (χ0n) is 12.6. The number of amides is 1. The van der Waals surface area contributed by atoms with E-state index in [1.165, 1.54) is 0 Å². The number of hydrogen-bond donors (Lipinski definition) is 1. The molecule has 1 rings (SSSR count). The van der Waals surface area contributed by atoms with Crippen molar-refractivity contribution in [1.82, 2.24) is 4.90 Å². The van der Waals surface area contributed by atoms with Gasteiger partial charge in [0.25, 0.3) is 0 Å². The molecule has 5 heteroatoms. The highest BCUT2D eigenvalue weighted by Gasteiger charge is 2.44. The maximum atomic E-state index is 12.2. The number of piperidine rings is 1. The number of hydrogen-bond acceptors (Lipinski definition) is 3. The molecule has 1 saturated heterocycles. The van der Waals surface area contributed by atoms with Crippen molar-refractivity contribution in [3.63, 3.8) is 0 Å². The second-order valence-electron chi connectivity index (χ2n) is 6.55. The summed E-state index contributed by atoms with van der Waals surface area (Å²) in [5.74, 6) is -1.33. The fraction of sp³-hybridized carbons (Fsp3) is 0.857. The van der Waals surface area contributed by atoms with Gasteiger partial charge in [-0.1, -0.05) is 6.92 Å². The summed E-state index contributed by atoms with van der Waals surface area (Å²) in [5, 5.41) is 9.32. The number of rotatable bonds is 1. The van der Waals surface area contributed by atoms with Crippen molar-refractivity contribution >= 4 is 12.1 Å². The SMILES string of the molecule is CC1CC(C)N(C(=O)OC(C)(C)C)C(C)C1C(=O)O. The Kier molecular flexibility index (Phi) is 4.48. The van der Waals surface area contributed by atoms with Crippen LogP contribution in [0.15, 0.2) is 0 Å². The lowest BCUT2D eigenvalue weighted by Crippen LogP contribution is -2.57. The predicted molar refractivity (Wildman–Crippen MR) is 71.9 cm³/mol. The first-order valence-electron chi connectivity index (χ1n) is 6.78. The lowest BCUT2D eigenvalue weighted by atomic mass is 9.78. The van der Waals surface area contributed by atoms with E-state index < -0.39 is 23.6 Å². The third kappa shape index (κ3) is 3.61. The molecule has 0 bridgehead atoms. The highest BCUT2D eigenvalue weighted by atomic mass is 16.6. The van der Waals surface area contributed by atoms with Gasteiger partial charge in [-0.15, -0.1) is 0 Å². The number of ether oxygens (including phenoxy) is 1. The van der Waals surface area contributed by atoms with Gasteiger partial charge in [-0.2, -0.15) is 0 Å². The third-order valence-electron chi connectivity index (χ3n) is 3.65. The molecule has 0 aromatic carbocycles. The van der Waals surface area contributed by atoms with Crippen molar-refractivity contribution in [1.29, 1.82) is 0 Å². The van der Waals surface area contributed by atoms with Crippen LogP contribution in [0.4, 0.5) is 4.79 Å². The van der Waals surface area contributed by atoms with Crippen LogP contribution in [0.2, 0.25) is 0 Å². The number of nitrogens with zero attached hydrogens (tertiary/aromatic N) is 1. The summed E-state index contributed by atoms with van der Waals surface area (Å²) >= 11 is 0. The number of aliphatic carboxylic acids is 1. The van der Waals surface area contributed by atoms with Gasteiger partial charge in [0.05, 0.1) is 5.92 Å². The van der Waals surface area contributed by atoms with E-state index in [2.05, 4.69) is 0 Å². The minimum Gasteiger partial charge on any atom is -0.481 e. The number of carboxylic acid groups (broad SMARTS) is 1. The van der Waals surface area contributed by atoms with Crippen molar-refractivity contribution in [2.75, 3.05) is 0 Å². The summed E-state index contributed by atoms with van der Waals surface area (Å²) in [7, 11) is 0. The minimum atomic E-state index is -0.847. The van der Waals surface area contributed by atoms with Crippen molar-refractivity contribution in [3.05, 3.63) is 0 Å². The van der Waals surface area contributed by atoms with Gasteiger partial charge in [-0.3, -0.25) is 4.79 Å². The molecule has 1 fully saturated rings. The maximum absolute atomic E-state index is 12.2. The van der Waals surface area contributed by atoms with E-state index in [1.807, 2.05) is 34.6 Å². The summed E-state index contributed by atoms with van der Waals surface area (Å²) in [6.45, 7) is 11.1. The highest BCUT2D eigenvalue weighted by Crippen LogP contribution is 2.34. The van der Waals surface area contributed by atoms with E-state index in [9.17, 15) is 14.7 Å². The van der Waals surface area contributed by atoms with Crippen molar-refractivity contribution in [3.8, 4) is 0 Å². The van der Waals surface area contributed by atoms with Gasteiger partial charge in [0.2, 0.25) is 0 Å². The quantitative estimate of drug-likeness (QED) is 0.796. The van der Waals surface area contributed by atoms with Crippen molar-refractivity contribution < 1.29 is 19.4 Å². The van der Waals surface area contributed by atoms with E-state index in [0.29, 0.717) is 6.42 Å². The van der Waals surface area contributed by atoms with Gasteiger partial charge in [0.1, 0.15) is 5.60 Å². The van der Waals surface area contributed by atoms with E-state index in [1.54, 1.807) is 11.8 Å². The highest BCUT2D eigenvalue weighted by molar-refractivity contribution is 5.74. The molecule has 5 nitrogen and oxygen atoms in total. The zero-order valence-corrected chi connectivity index (χ0v) is 12.6. The van der Waals surface area contributed by atoms with Gasteiger partial charge < -0.3 is 14.7 Å². The van der Waals surface area contributed by atoms with Gasteiger partial charge in [0, 0.05) is 12.1 Å². The van der Waals surface area contributed by atoms with E-state index in [0.717, 1.165) is 0 Å². The van der Waals surface area contributed by atoms with Crippen LogP contribution in [0.5, 0.6) is 0 Å². The average Bonchev–Trinajstić information content (AvgIpc) is 2.11. The van der Waals surface area contributed by atoms with Crippen LogP contribution in [0, 0.1) is 11.8 Å². The monoisotopic (exact) mass is 271 g/mol. The molecular weight excluding hydrogens is 246 g/mol. The Balaban J connectivity index is 2.92. The molecule has 19 heavy (non-hydrogen) atoms. The van der Waals surface area contributed by atoms with Crippen LogP contribution < -0.4 is 0 Å². The topological polar surface area (TPSA) is 66.8 Å². The molecular formula is C14H25NO4. The molecule has 1 N–H and O–H groups in total. The van der Waals surface area contributed by atoms with Crippen molar-refractivity contribution in [2.45, 2.75) is 65.6 Å². The molecule has 1 aliphatic rings. The normalized spacial score (nSPS) is 32.0. The molecule has 0 radical (unpaired) electrons. The zero-order chi connectivity index (χ0) is 15.0. The average molecular weight is 271 g/mol. The fourth-order valence-electron chi connectivity index (χ4n) is 2.96. The van der Waals surface area contributed by atoms with Crippen molar-refractivity contribution in [2.24, 2.45) is 11.8 Å². The van der Waals surface area contributed by atoms with Crippen LogP contribution in [-0.4, -0.2) is 39.8 Å². The van der Waals surface area contributed by atoms with E-state index in [4.69, 9.17) is 4.74 Å². The Morgan fingerprint density at radius 1 is 1.21 bits per heavy atom. The molecule has 0 aromatic rings. The summed E-state index contributed by atoms with van der Waals surface area (Å²) in [4.78, 5) is 25.2. The first kappa shape index (κ1) is 15.8. The Labute approximate surface area is 114 Å². The smallest absolute Gasteiger partial charge is 0.410 e. The first-order chi connectivity index (χ1) is 8.54. The largest absolute Gasteiger partial charge is 0.481 e. The molecule has 1 amide bonds. The van der Waals surface area contributed by atoms with Gasteiger partial charge in [0.15, 0.2) is 0 Å². The Morgan fingerprint density at radius 2 is 1.74 bits per heavy atom. The maximum Gasteiger partial charge on any atom is 0.410 e. The number of carbonyl (C=O) groups is 2. The van der Waals surface area contributed by atoms with E-state index >= 15 is 0 Å². The summed E-state index contributed by atoms with van der Waals surface area (Å²) < 4.78 is 5.38. The van der Waals surface area contributed by atoms with Gasteiger partial charge in [-0.25, -0.2) is 4.79 Å². The third-order valence-corrected chi connectivity index (χ3v) is 3.65. The molecule has 1 aliphatic heterocycles. The molecule has 4 atom stereocenters. The number of carboxylic acids is 1. The first-order valence-corrected chi connectivity index (χ1v) is 6.78. The van der Waals surface area contributed by atoms with Gasteiger partial charge >= 0.3 is 12.1 Å². The summed E-state index contributed by atoms with van der Waals surface area (Å²) in [6, 6.07) is -0.360. The summed E-state index contributed by atoms with van der Waals surface area (Å²) in [5.41, 5.74) is -0.571. The number of likely N-dealkylation sites (tertiary alicyclic amines) is 1. The van der Waals surface area contributed by atoms with Gasteiger partial charge in [-0.05, 0) is 47.0 Å². The fourth-order valence-corrected chi connectivity index (χ4v) is 2.96. The van der Waals surface area contributed by atoms with Crippen LogP contribution >= 0.6 is 0 Å². The predicted octanol–water partition coefficient (Wildman–Crippen LogP) is 2.74. The standard InChI is InChI=1S/C14H25NO4/c1-8-7-9(2)15(10(3)11(8)12(16)17)13(18)19-14(4,5)6/h8-11H,7H2,1-6H3,(H,16,17). The molecule has 0 spiro atoms. The van der Waals surface area contributed by atoms with Crippen LogP contribution in [0.1, 0.15) is 48.0 Å². The molecule has 0 aromatic heterocycles. The van der Waals surface area contributed by atoms with Crippen LogP contribution in [0.25, 0.3) is 0 Å². The molecule has 4 unspecified atom stereocenters. The van der Waals surface area contributed by atoms with Crippen LogP contribution in [0.3, 0.4) is 0 Å². The van der Waals surface area contributed by atoms with E-state index in [-0.39, 0.29) is 18.0 Å². The van der Waals surface area contributed by atoms with Crippen LogP contribution in [-0.2, 0) is 9.53 Å². The molecule has 110 valence electrons. The molecule has 0 saturated carbocycles. The lowest BCUT2D eigenvalue weighted by molar-refractivity contribution is -0.149. The second-order valence-corrected chi connectivity index (χ2v) is 6.55.